The number of aryl methyl sites for hydroxylation is 2. The van der Waals surface area contributed by atoms with Gasteiger partial charge in [-0.05, 0) is 74.4 Å². The van der Waals surface area contributed by atoms with Crippen LogP contribution in [0.25, 0.3) is 0 Å². The highest BCUT2D eigenvalue weighted by Crippen LogP contribution is 2.21. The van der Waals surface area contributed by atoms with Gasteiger partial charge in [-0.1, -0.05) is 30.3 Å². The zero-order chi connectivity index (χ0) is 20.8. The number of carbonyl (C=O) groups excluding carboxylic acids is 2. The van der Waals surface area contributed by atoms with E-state index in [1.54, 1.807) is 43.3 Å². The van der Waals surface area contributed by atoms with E-state index in [0.29, 0.717) is 22.7 Å². The highest BCUT2D eigenvalue weighted by molar-refractivity contribution is 6.04. The normalized spacial score (nSPS) is 11.4. The molecule has 0 aliphatic rings. The topological polar surface area (TPSA) is 67.4 Å². The Bertz CT molecular complexity index is 998. The molecule has 1 atom stereocenters. The first-order chi connectivity index (χ1) is 13.9. The molecule has 2 amide bonds. The lowest BCUT2D eigenvalue weighted by atomic mass is 10.1. The first kappa shape index (κ1) is 20.1. The number of anilines is 2. The molecule has 0 aliphatic heterocycles. The summed E-state index contributed by atoms with van der Waals surface area (Å²) in [7, 11) is 0. The maximum Gasteiger partial charge on any atom is 0.265 e. The lowest BCUT2D eigenvalue weighted by Crippen LogP contribution is -2.30. The van der Waals surface area contributed by atoms with E-state index in [4.69, 9.17) is 4.74 Å². The summed E-state index contributed by atoms with van der Waals surface area (Å²) in [5, 5.41) is 5.66. The average Bonchev–Trinajstić information content (AvgIpc) is 2.72. The van der Waals surface area contributed by atoms with Crippen LogP contribution >= 0.6 is 0 Å². The molecule has 0 heterocycles. The van der Waals surface area contributed by atoms with E-state index in [1.165, 1.54) is 0 Å². The number of ether oxygens (including phenoxy) is 1. The van der Waals surface area contributed by atoms with Crippen molar-refractivity contribution in [2.45, 2.75) is 26.9 Å². The van der Waals surface area contributed by atoms with E-state index in [2.05, 4.69) is 10.6 Å². The second kappa shape index (κ2) is 9.06. The van der Waals surface area contributed by atoms with Gasteiger partial charge >= 0.3 is 0 Å². The Hall–Kier alpha value is -3.60. The molecule has 148 valence electrons. The van der Waals surface area contributed by atoms with E-state index in [-0.39, 0.29) is 11.8 Å². The Morgan fingerprint density at radius 2 is 1.45 bits per heavy atom. The number of rotatable bonds is 6. The Labute approximate surface area is 170 Å². The number of carbonyl (C=O) groups is 2. The van der Waals surface area contributed by atoms with Crippen LogP contribution in [-0.4, -0.2) is 17.9 Å². The molecule has 5 nitrogen and oxygen atoms in total. The van der Waals surface area contributed by atoms with Crippen molar-refractivity contribution in [3.05, 3.63) is 89.5 Å². The van der Waals surface area contributed by atoms with Crippen LogP contribution in [0.3, 0.4) is 0 Å². The highest BCUT2D eigenvalue weighted by Gasteiger charge is 2.16. The summed E-state index contributed by atoms with van der Waals surface area (Å²) in [4.78, 5) is 24.6. The van der Waals surface area contributed by atoms with Gasteiger partial charge in [-0.2, -0.15) is 0 Å². The molecule has 0 fully saturated rings. The maximum absolute atomic E-state index is 12.5. The monoisotopic (exact) mass is 388 g/mol. The zero-order valence-electron chi connectivity index (χ0n) is 16.7. The van der Waals surface area contributed by atoms with Crippen molar-refractivity contribution in [2.75, 3.05) is 10.6 Å². The summed E-state index contributed by atoms with van der Waals surface area (Å²) in [5.74, 6) is 0.275. The average molecular weight is 388 g/mol. The minimum Gasteiger partial charge on any atom is -0.481 e. The number of nitrogens with one attached hydrogen (secondary N) is 2. The molecule has 29 heavy (non-hydrogen) atoms. The van der Waals surface area contributed by atoms with Gasteiger partial charge in [-0.15, -0.1) is 0 Å². The molecule has 0 spiro atoms. The Morgan fingerprint density at radius 1 is 0.828 bits per heavy atom. The lowest BCUT2D eigenvalue weighted by molar-refractivity contribution is -0.122. The molecule has 0 saturated heterocycles. The van der Waals surface area contributed by atoms with Crippen molar-refractivity contribution in [3.8, 4) is 5.75 Å². The summed E-state index contributed by atoms with van der Waals surface area (Å²) in [5.41, 5.74) is 3.92. The van der Waals surface area contributed by atoms with Gasteiger partial charge in [0.1, 0.15) is 5.75 Å². The van der Waals surface area contributed by atoms with Crippen molar-refractivity contribution in [1.29, 1.82) is 0 Å². The third kappa shape index (κ3) is 5.45. The van der Waals surface area contributed by atoms with Gasteiger partial charge in [0, 0.05) is 16.9 Å². The van der Waals surface area contributed by atoms with Crippen molar-refractivity contribution in [2.24, 2.45) is 0 Å². The van der Waals surface area contributed by atoms with Gasteiger partial charge in [0.2, 0.25) is 0 Å². The molecular formula is C24H24N2O3. The van der Waals surface area contributed by atoms with Gasteiger partial charge in [0.05, 0.1) is 0 Å². The van der Waals surface area contributed by atoms with Crippen LogP contribution < -0.4 is 15.4 Å². The zero-order valence-corrected chi connectivity index (χ0v) is 16.7. The molecule has 1 unspecified atom stereocenters. The van der Waals surface area contributed by atoms with E-state index in [0.717, 1.165) is 11.1 Å². The van der Waals surface area contributed by atoms with Crippen LogP contribution in [0.15, 0.2) is 72.8 Å². The van der Waals surface area contributed by atoms with Crippen molar-refractivity contribution in [3.63, 3.8) is 0 Å². The van der Waals surface area contributed by atoms with Gasteiger partial charge in [0.25, 0.3) is 11.8 Å². The Balaban J connectivity index is 1.58. The molecule has 0 radical (unpaired) electrons. The SMILES string of the molecule is Cc1ccc(C)c(OC(C)C(=O)Nc2ccc(NC(=O)c3ccccc3)cc2)c1. The van der Waals surface area contributed by atoms with Gasteiger partial charge < -0.3 is 15.4 Å². The Morgan fingerprint density at radius 3 is 2.10 bits per heavy atom. The molecule has 0 bridgehead atoms. The van der Waals surface area contributed by atoms with E-state index in [1.807, 2.05) is 50.2 Å². The minimum atomic E-state index is -0.645. The smallest absolute Gasteiger partial charge is 0.265 e. The van der Waals surface area contributed by atoms with Crippen LogP contribution in [0.1, 0.15) is 28.4 Å². The molecule has 0 saturated carbocycles. The fourth-order valence-corrected chi connectivity index (χ4v) is 2.75. The van der Waals surface area contributed by atoms with Crippen LogP contribution in [-0.2, 0) is 4.79 Å². The quantitative estimate of drug-likeness (QED) is 0.627. The van der Waals surface area contributed by atoms with Crippen LogP contribution in [0.4, 0.5) is 11.4 Å². The second-order valence-corrected chi connectivity index (χ2v) is 6.92. The van der Waals surface area contributed by atoms with Crippen molar-refractivity contribution in [1.82, 2.24) is 0 Å². The molecule has 0 aromatic heterocycles. The molecular weight excluding hydrogens is 364 g/mol. The second-order valence-electron chi connectivity index (χ2n) is 6.92. The Kier molecular flexibility index (Phi) is 6.29. The van der Waals surface area contributed by atoms with Gasteiger partial charge in [-0.25, -0.2) is 0 Å². The molecule has 0 aliphatic carbocycles. The standard InChI is InChI=1S/C24H24N2O3/c1-16-9-10-17(2)22(15-16)29-18(3)23(27)25-20-11-13-21(14-12-20)26-24(28)19-7-5-4-6-8-19/h4-15,18H,1-3H3,(H,25,27)(H,26,28). The lowest BCUT2D eigenvalue weighted by Gasteiger charge is -2.17. The number of benzene rings is 3. The van der Waals surface area contributed by atoms with Gasteiger partial charge in [-0.3, -0.25) is 9.59 Å². The molecule has 3 rings (SSSR count). The number of amides is 2. The van der Waals surface area contributed by atoms with Crippen molar-refractivity contribution < 1.29 is 14.3 Å². The minimum absolute atomic E-state index is 0.182. The third-order valence-electron chi connectivity index (χ3n) is 4.46. The van der Waals surface area contributed by atoms with E-state index >= 15 is 0 Å². The summed E-state index contributed by atoms with van der Waals surface area (Å²) < 4.78 is 5.82. The van der Waals surface area contributed by atoms with E-state index in [9.17, 15) is 9.59 Å². The largest absolute Gasteiger partial charge is 0.481 e. The fraction of sp³-hybridized carbons (Fsp3) is 0.167. The first-order valence-corrected chi connectivity index (χ1v) is 9.43. The van der Waals surface area contributed by atoms with Crippen LogP contribution in [0.5, 0.6) is 5.75 Å². The maximum atomic E-state index is 12.5. The molecule has 3 aromatic carbocycles. The summed E-state index contributed by atoms with van der Waals surface area (Å²) in [6, 6.07) is 21.9. The third-order valence-corrected chi connectivity index (χ3v) is 4.46. The summed E-state index contributed by atoms with van der Waals surface area (Å²) in [6.45, 7) is 5.64. The highest BCUT2D eigenvalue weighted by atomic mass is 16.5. The number of hydrogen-bond acceptors (Lipinski definition) is 3. The predicted molar refractivity (Wildman–Crippen MR) is 115 cm³/mol. The van der Waals surface area contributed by atoms with E-state index < -0.39 is 6.10 Å². The molecule has 5 heteroatoms. The molecule has 3 aromatic rings. The summed E-state index contributed by atoms with van der Waals surface area (Å²) >= 11 is 0. The molecule has 2 N–H and O–H groups in total. The summed E-state index contributed by atoms with van der Waals surface area (Å²) in [6.07, 6.45) is -0.645. The fourth-order valence-electron chi connectivity index (χ4n) is 2.75. The number of hydrogen-bond donors (Lipinski definition) is 2. The first-order valence-electron chi connectivity index (χ1n) is 9.43. The van der Waals surface area contributed by atoms with Crippen LogP contribution in [0.2, 0.25) is 0 Å². The van der Waals surface area contributed by atoms with Crippen molar-refractivity contribution >= 4 is 23.2 Å². The van der Waals surface area contributed by atoms with Gasteiger partial charge in [0.15, 0.2) is 6.10 Å². The van der Waals surface area contributed by atoms with Crippen LogP contribution in [0, 0.1) is 13.8 Å². The predicted octanol–water partition coefficient (Wildman–Crippen LogP) is 4.96.